The van der Waals surface area contributed by atoms with E-state index >= 15 is 0 Å². The summed E-state index contributed by atoms with van der Waals surface area (Å²) in [5, 5.41) is 0. The molecule has 23 heavy (non-hydrogen) atoms. The van der Waals surface area contributed by atoms with Gasteiger partial charge < -0.3 is 19.4 Å². The lowest BCUT2D eigenvalue weighted by Crippen LogP contribution is -2.11. The molecule has 0 aliphatic carbocycles. The van der Waals surface area contributed by atoms with E-state index in [1.165, 1.54) is 0 Å². The quantitative estimate of drug-likeness (QED) is 0.802. The van der Waals surface area contributed by atoms with Gasteiger partial charge in [-0.25, -0.2) is 9.59 Å². The standard InChI is InChI=1S/C17H22N2O4/c1-5-22-16(20)14-10(3)8-18-12(14)7-13-15(11(4)9-19-13)17(21)23-6-2/h8-9,18-19H,5-7H2,1-4H3. The Kier molecular flexibility index (Phi) is 5.26. The van der Waals surface area contributed by atoms with E-state index < -0.39 is 0 Å². The first kappa shape index (κ1) is 16.9. The Hall–Kier alpha value is -2.50. The van der Waals surface area contributed by atoms with Gasteiger partial charge in [-0.2, -0.15) is 0 Å². The van der Waals surface area contributed by atoms with Crippen molar-refractivity contribution < 1.29 is 19.1 Å². The summed E-state index contributed by atoms with van der Waals surface area (Å²) >= 11 is 0. The number of carbonyl (C=O) groups is 2. The number of hydrogen-bond donors (Lipinski definition) is 2. The number of aromatic nitrogens is 2. The van der Waals surface area contributed by atoms with Gasteiger partial charge in [-0.05, 0) is 38.8 Å². The monoisotopic (exact) mass is 318 g/mol. The third-order valence-electron chi connectivity index (χ3n) is 3.63. The maximum Gasteiger partial charge on any atom is 0.340 e. The minimum atomic E-state index is -0.359. The molecule has 2 N–H and O–H groups in total. The molecule has 2 aromatic rings. The van der Waals surface area contributed by atoms with Gasteiger partial charge in [-0.1, -0.05) is 0 Å². The minimum absolute atomic E-state index is 0.318. The molecule has 0 radical (unpaired) electrons. The van der Waals surface area contributed by atoms with Crippen LogP contribution in [0, 0.1) is 13.8 Å². The van der Waals surface area contributed by atoms with Gasteiger partial charge >= 0.3 is 11.9 Å². The molecule has 6 heteroatoms. The zero-order valence-electron chi connectivity index (χ0n) is 13.9. The molecule has 124 valence electrons. The second-order valence-electron chi connectivity index (χ2n) is 5.27. The molecule has 0 saturated heterocycles. The van der Waals surface area contributed by atoms with E-state index in [4.69, 9.17) is 9.47 Å². The van der Waals surface area contributed by atoms with Crippen LogP contribution < -0.4 is 0 Å². The molecule has 0 saturated carbocycles. The minimum Gasteiger partial charge on any atom is -0.462 e. The predicted octanol–water partition coefficient (Wildman–Crippen LogP) is 2.90. The summed E-state index contributed by atoms with van der Waals surface area (Å²) in [4.78, 5) is 30.4. The van der Waals surface area contributed by atoms with Crippen LogP contribution in [0.15, 0.2) is 12.4 Å². The summed E-state index contributed by atoms with van der Waals surface area (Å²) in [5.74, 6) is -0.718. The molecule has 0 fully saturated rings. The van der Waals surface area contributed by atoms with Gasteiger partial charge in [0.05, 0.1) is 24.3 Å². The van der Waals surface area contributed by atoms with Gasteiger partial charge in [0, 0.05) is 30.2 Å². The number of rotatable bonds is 6. The molecule has 0 bridgehead atoms. The first-order chi connectivity index (χ1) is 11.0. The normalized spacial score (nSPS) is 10.6. The maximum absolute atomic E-state index is 12.1. The second-order valence-corrected chi connectivity index (χ2v) is 5.27. The van der Waals surface area contributed by atoms with Crippen LogP contribution in [0.3, 0.4) is 0 Å². The van der Waals surface area contributed by atoms with E-state index in [-0.39, 0.29) is 11.9 Å². The van der Waals surface area contributed by atoms with E-state index in [0.29, 0.717) is 42.1 Å². The average molecular weight is 318 g/mol. The molecule has 0 atom stereocenters. The Bertz CT molecular complexity index is 652. The Morgan fingerprint density at radius 2 is 1.26 bits per heavy atom. The number of H-pyrrole nitrogens is 2. The Morgan fingerprint density at radius 1 is 0.870 bits per heavy atom. The van der Waals surface area contributed by atoms with Crippen molar-refractivity contribution in [3.63, 3.8) is 0 Å². The third kappa shape index (κ3) is 3.47. The molecule has 6 nitrogen and oxygen atoms in total. The highest BCUT2D eigenvalue weighted by atomic mass is 16.5. The van der Waals surface area contributed by atoms with Crippen molar-refractivity contribution in [2.24, 2.45) is 0 Å². The summed E-state index contributed by atoms with van der Waals surface area (Å²) in [5.41, 5.74) is 4.11. The number of aromatic amines is 2. The highest BCUT2D eigenvalue weighted by Gasteiger charge is 2.22. The van der Waals surface area contributed by atoms with Crippen LogP contribution in [-0.2, 0) is 15.9 Å². The van der Waals surface area contributed by atoms with Gasteiger partial charge in [0.1, 0.15) is 0 Å². The fourth-order valence-electron chi connectivity index (χ4n) is 2.59. The fourth-order valence-corrected chi connectivity index (χ4v) is 2.59. The number of hydrogen-bond acceptors (Lipinski definition) is 4. The number of carbonyl (C=O) groups excluding carboxylic acids is 2. The fraction of sp³-hybridized carbons (Fsp3) is 0.412. The highest BCUT2D eigenvalue weighted by molar-refractivity contribution is 5.94. The molecule has 2 heterocycles. The first-order valence-corrected chi connectivity index (χ1v) is 7.67. The summed E-state index contributed by atoms with van der Waals surface area (Å²) in [6.07, 6.45) is 3.92. The van der Waals surface area contributed by atoms with E-state index in [1.54, 1.807) is 26.2 Å². The Labute approximate surface area is 135 Å². The number of ether oxygens (including phenoxy) is 2. The second kappa shape index (κ2) is 7.17. The Morgan fingerprint density at radius 3 is 1.61 bits per heavy atom. The summed E-state index contributed by atoms with van der Waals surface area (Å²) in [6.45, 7) is 7.87. The van der Waals surface area contributed by atoms with Crippen molar-refractivity contribution in [1.29, 1.82) is 0 Å². The van der Waals surface area contributed by atoms with Crippen LogP contribution in [0.1, 0.15) is 57.1 Å². The SMILES string of the molecule is CCOC(=O)c1c(C)c[nH]c1Cc1[nH]cc(C)c1C(=O)OCC. The van der Waals surface area contributed by atoms with Crippen LogP contribution in [0.5, 0.6) is 0 Å². The summed E-state index contributed by atoms with van der Waals surface area (Å²) in [6, 6.07) is 0. The Balaban J connectivity index is 2.34. The lowest BCUT2D eigenvalue weighted by Gasteiger charge is -2.07. The molecule has 0 aliphatic heterocycles. The van der Waals surface area contributed by atoms with Crippen LogP contribution in [-0.4, -0.2) is 35.1 Å². The van der Waals surface area contributed by atoms with Crippen molar-refractivity contribution in [2.45, 2.75) is 34.1 Å². The summed E-state index contributed by atoms with van der Waals surface area (Å²) in [7, 11) is 0. The van der Waals surface area contributed by atoms with Crippen molar-refractivity contribution in [1.82, 2.24) is 9.97 Å². The lowest BCUT2D eigenvalue weighted by molar-refractivity contribution is 0.0516. The smallest absolute Gasteiger partial charge is 0.340 e. The van der Waals surface area contributed by atoms with Crippen LogP contribution in [0.4, 0.5) is 0 Å². The van der Waals surface area contributed by atoms with Crippen LogP contribution in [0.2, 0.25) is 0 Å². The van der Waals surface area contributed by atoms with Gasteiger partial charge in [0.15, 0.2) is 0 Å². The molecule has 2 aromatic heterocycles. The topological polar surface area (TPSA) is 84.2 Å². The van der Waals surface area contributed by atoms with E-state index in [1.807, 2.05) is 13.8 Å². The van der Waals surface area contributed by atoms with Crippen molar-refractivity contribution in [2.75, 3.05) is 13.2 Å². The number of nitrogens with one attached hydrogen (secondary N) is 2. The van der Waals surface area contributed by atoms with Crippen LogP contribution >= 0.6 is 0 Å². The zero-order valence-corrected chi connectivity index (χ0v) is 13.9. The zero-order chi connectivity index (χ0) is 17.0. The molecule has 0 aliphatic rings. The average Bonchev–Trinajstić information content (AvgIpc) is 3.03. The van der Waals surface area contributed by atoms with Gasteiger partial charge in [0.2, 0.25) is 0 Å². The largest absolute Gasteiger partial charge is 0.462 e. The molecular formula is C17H22N2O4. The molecular weight excluding hydrogens is 296 g/mol. The molecule has 0 amide bonds. The summed E-state index contributed by atoms with van der Waals surface area (Å²) < 4.78 is 10.2. The third-order valence-corrected chi connectivity index (χ3v) is 3.63. The molecule has 2 rings (SSSR count). The van der Waals surface area contributed by atoms with Crippen molar-refractivity contribution >= 4 is 11.9 Å². The highest BCUT2D eigenvalue weighted by Crippen LogP contribution is 2.22. The molecule has 0 aromatic carbocycles. The van der Waals surface area contributed by atoms with E-state index in [9.17, 15) is 9.59 Å². The first-order valence-electron chi connectivity index (χ1n) is 7.67. The lowest BCUT2D eigenvalue weighted by atomic mass is 10.0. The van der Waals surface area contributed by atoms with E-state index in [2.05, 4.69) is 9.97 Å². The van der Waals surface area contributed by atoms with Crippen molar-refractivity contribution in [3.8, 4) is 0 Å². The van der Waals surface area contributed by atoms with E-state index in [0.717, 1.165) is 11.1 Å². The predicted molar refractivity (Wildman–Crippen MR) is 85.8 cm³/mol. The maximum atomic E-state index is 12.1. The number of aryl methyl sites for hydroxylation is 2. The van der Waals surface area contributed by atoms with Gasteiger partial charge in [-0.3, -0.25) is 0 Å². The number of esters is 2. The van der Waals surface area contributed by atoms with Gasteiger partial charge in [-0.15, -0.1) is 0 Å². The van der Waals surface area contributed by atoms with Crippen LogP contribution in [0.25, 0.3) is 0 Å². The molecule has 0 spiro atoms. The molecule has 0 unspecified atom stereocenters. The van der Waals surface area contributed by atoms with Gasteiger partial charge in [0.25, 0.3) is 0 Å². The van der Waals surface area contributed by atoms with Crippen molar-refractivity contribution in [3.05, 3.63) is 46.0 Å².